The fraction of sp³-hybridized carbons (Fsp3) is 0.333. The highest BCUT2D eigenvalue weighted by Crippen LogP contribution is 1.99. The van der Waals surface area contributed by atoms with Crippen molar-refractivity contribution in [3.05, 3.63) is 23.9 Å². The van der Waals surface area contributed by atoms with Crippen LogP contribution in [-0.2, 0) is 0 Å². The summed E-state index contributed by atoms with van der Waals surface area (Å²) < 4.78 is 0. The first kappa shape index (κ1) is 5.70. The summed E-state index contributed by atoms with van der Waals surface area (Å²) in [6.45, 7) is 0.903. The van der Waals surface area contributed by atoms with Crippen LogP contribution in [0.2, 0.25) is 0 Å². The Morgan fingerprint density at radius 2 is 2.62 bits per heavy atom. The van der Waals surface area contributed by atoms with Crippen LogP contribution in [-0.4, -0.2) is 12.4 Å². The molecule has 1 heterocycles. The Labute approximate surface area is 54.0 Å². The first-order valence-corrected chi connectivity index (χ1v) is 3.11. The summed E-state index contributed by atoms with van der Waals surface area (Å²) in [6, 6.07) is 0. The van der Waals surface area contributed by atoms with Crippen LogP contribution in [0.5, 0.6) is 0 Å². The van der Waals surface area contributed by atoms with E-state index < -0.39 is 0 Å². The Bertz CT molecular complexity index is 126. The van der Waals surface area contributed by atoms with Crippen molar-refractivity contribution in [2.75, 3.05) is 12.4 Å². The predicted molar refractivity (Wildman–Crippen MR) is 35.9 cm³/mol. The van der Waals surface area contributed by atoms with E-state index in [4.69, 9.17) is 11.6 Å². The highest BCUT2D eigenvalue weighted by molar-refractivity contribution is 6.19. The van der Waals surface area contributed by atoms with Gasteiger partial charge in [-0.15, -0.1) is 11.6 Å². The van der Waals surface area contributed by atoms with Crippen molar-refractivity contribution < 1.29 is 0 Å². The summed E-state index contributed by atoms with van der Waals surface area (Å²) >= 11 is 5.54. The zero-order valence-corrected chi connectivity index (χ0v) is 5.28. The number of nitrogens with one attached hydrogen (secondary N) is 1. The van der Waals surface area contributed by atoms with E-state index in [2.05, 4.69) is 5.32 Å². The molecule has 0 fully saturated rings. The molecule has 0 aromatic carbocycles. The van der Waals surface area contributed by atoms with Crippen LogP contribution in [0.25, 0.3) is 0 Å². The third-order valence-electron chi connectivity index (χ3n) is 1.05. The van der Waals surface area contributed by atoms with Gasteiger partial charge in [-0.05, 0) is 17.8 Å². The van der Waals surface area contributed by atoms with E-state index in [0.717, 1.165) is 6.54 Å². The van der Waals surface area contributed by atoms with Crippen molar-refractivity contribution in [1.29, 1.82) is 0 Å². The molecule has 0 radical (unpaired) electrons. The maximum Gasteiger partial charge on any atom is 0.0453 e. The summed E-state index contributed by atoms with van der Waals surface area (Å²) in [5.74, 6) is 0.636. The van der Waals surface area contributed by atoms with Gasteiger partial charge in [-0.2, -0.15) is 0 Å². The molecule has 1 aliphatic heterocycles. The number of rotatable bonds is 1. The molecular weight excluding hydrogens is 122 g/mol. The van der Waals surface area contributed by atoms with E-state index in [1.807, 2.05) is 18.4 Å². The zero-order valence-electron chi connectivity index (χ0n) is 4.52. The van der Waals surface area contributed by atoms with Gasteiger partial charge in [0.15, 0.2) is 0 Å². The molecule has 1 nitrogen and oxygen atoms in total. The fourth-order valence-electron chi connectivity index (χ4n) is 0.593. The molecule has 2 heteroatoms. The number of alkyl halides is 1. The average Bonchev–Trinajstić information content (AvgIpc) is 1.90. The lowest BCUT2D eigenvalue weighted by Crippen LogP contribution is -2.12. The van der Waals surface area contributed by atoms with Gasteiger partial charge in [-0.3, -0.25) is 0 Å². The Hall–Kier alpha value is -0.430. The molecule has 0 aromatic heterocycles. The molecule has 0 aliphatic carbocycles. The van der Waals surface area contributed by atoms with Gasteiger partial charge >= 0.3 is 0 Å². The van der Waals surface area contributed by atoms with E-state index in [1.54, 1.807) is 0 Å². The molecule has 1 aliphatic rings. The minimum absolute atomic E-state index is 0.636. The molecule has 0 aromatic rings. The second-order valence-corrected chi connectivity index (χ2v) is 1.97. The normalized spacial score (nSPS) is 17.4. The molecule has 0 atom stereocenters. The number of halogens is 1. The van der Waals surface area contributed by atoms with Crippen LogP contribution < -0.4 is 5.32 Å². The summed E-state index contributed by atoms with van der Waals surface area (Å²) in [7, 11) is 0. The van der Waals surface area contributed by atoms with Crippen LogP contribution in [0, 0.1) is 0 Å². The Kier molecular flexibility index (Phi) is 1.98. The molecule has 1 N–H and O–H groups in total. The molecule has 0 saturated carbocycles. The molecule has 1 rings (SSSR count). The highest BCUT2D eigenvalue weighted by Gasteiger charge is 1.93. The third-order valence-corrected chi connectivity index (χ3v) is 1.39. The van der Waals surface area contributed by atoms with E-state index in [0.29, 0.717) is 5.88 Å². The topological polar surface area (TPSA) is 12.0 Å². The molecule has 8 heavy (non-hydrogen) atoms. The van der Waals surface area contributed by atoms with Crippen LogP contribution in [0.15, 0.2) is 23.9 Å². The molecule has 0 saturated heterocycles. The molecular formula is C6H8ClN. The molecule has 44 valence electrons. The maximum atomic E-state index is 5.54. The maximum absolute atomic E-state index is 5.54. The summed E-state index contributed by atoms with van der Waals surface area (Å²) in [5.41, 5.74) is 1.24. The van der Waals surface area contributed by atoms with Crippen LogP contribution in [0.3, 0.4) is 0 Å². The predicted octanol–water partition coefficient (Wildman–Crippen LogP) is 1.27. The van der Waals surface area contributed by atoms with Crippen LogP contribution >= 0.6 is 11.6 Å². The minimum Gasteiger partial charge on any atom is -0.387 e. The Morgan fingerprint density at radius 1 is 1.75 bits per heavy atom. The van der Waals surface area contributed by atoms with Crippen molar-refractivity contribution in [3.8, 4) is 0 Å². The smallest absolute Gasteiger partial charge is 0.0453 e. The Morgan fingerprint density at radius 3 is 3.00 bits per heavy atom. The van der Waals surface area contributed by atoms with Crippen molar-refractivity contribution in [3.63, 3.8) is 0 Å². The molecule has 0 spiro atoms. The number of hydrogen-bond acceptors (Lipinski definition) is 1. The van der Waals surface area contributed by atoms with E-state index in [1.165, 1.54) is 5.57 Å². The van der Waals surface area contributed by atoms with Gasteiger partial charge in [-0.25, -0.2) is 0 Å². The molecule has 0 bridgehead atoms. The van der Waals surface area contributed by atoms with E-state index >= 15 is 0 Å². The van der Waals surface area contributed by atoms with E-state index in [-0.39, 0.29) is 0 Å². The Balaban J connectivity index is 2.50. The van der Waals surface area contributed by atoms with Crippen molar-refractivity contribution in [1.82, 2.24) is 5.32 Å². The fourth-order valence-corrected chi connectivity index (χ4v) is 0.777. The summed E-state index contributed by atoms with van der Waals surface area (Å²) in [4.78, 5) is 0. The van der Waals surface area contributed by atoms with Crippen LogP contribution in [0.4, 0.5) is 0 Å². The monoisotopic (exact) mass is 129 g/mol. The van der Waals surface area contributed by atoms with Crippen molar-refractivity contribution in [2.24, 2.45) is 0 Å². The van der Waals surface area contributed by atoms with Gasteiger partial charge in [0.1, 0.15) is 0 Å². The SMILES string of the molecule is ClCC1=CC=CNC1. The first-order valence-electron chi connectivity index (χ1n) is 2.57. The average molecular weight is 130 g/mol. The number of allylic oxidation sites excluding steroid dienone is 2. The van der Waals surface area contributed by atoms with Gasteiger partial charge in [0.25, 0.3) is 0 Å². The van der Waals surface area contributed by atoms with Gasteiger partial charge in [0, 0.05) is 12.4 Å². The van der Waals surface area contributed by atoms with Gasteiger partial charge in [-0.1, -0.05) is 6.08 Å². The molecule has 0 unspecified atom stereocenters. The quantitative estimate of drug-likeness (QED) is 0.526. The van der Waals surface area contributed by atoms with Gasteiger partial charge < -0.3 is 5.32 Å². The minimum atomic E-state index is 0.636. The lowest BCUT2D eigenvalue weighted by molar-refractivity contribution is 0.922. The molecule has 0 amide bonds. The number of dihydropyridines is 1. The van der Waals surface area contributed by atoms with Gasteiger partial charge in [0.05, 0.1) is 0 Å². The first-order chi connectivity index (χ1) is 3.93. The zero-order chi connectivity index (χ0) is 5.82. The lowest BCUT2D eigenvalue weighted by Gasteiger charge is -2.05. The number of hydrogen-bond donors (Lipinski definition) is 1. The highest BCUT2D eigenvalue weighted by atomic mass is 35.5. The van der Waals surface area contributed by atoms with Crippen LogP contribution in [0.1, 0.15) is 0 Å². The second kappa shape index (κ2) is 2.78. The largest absolute Gasteiger partial charge is 0.387 e. The van der Waals surface area contributed by atoms with Crippen molar-refractivity contribution >= 4 is 11.6 Å². The van der Waals surface area contributed by atoms with Crippen molar-refractivity contribution in [2.45, 2.75) is 0 Å². The lowest BCUT2D eigenvalue weighted by atomic mass is 10.2. The van der Waals surface area contributed by atoms with E-state index in [9.17, 15) is 0 Å². The third kappa shape index (κ3) is 1.27. The standard InChI is InChI=1S/C6H8ClN/c7-4-6-2-1-3-8-5-6/h1-3,8H,4-5H2. The second-order valence-electron chi connectivity index (χ2n) is 1.70. The summed E-state index contributed by atoms with van der Waals surface area (Å²) in [6.07, 6.45) is 5.90. The van der Waals surface area contributed by atoms with Gasteiger partial charge in [0.2, 0.25) is 0 Å². The summed E-state index contributed by atoms with van der Waals surface area (Å²) in [5, 5.41) is 3.05.